The van der Waals surface area contributed by atoms with Gasteiger partial charge < -0.3 is 25.0 Å². The van der Waals surface area contributed by atoms with Crippen LogP contribution in [0.5, 0.6) is 5.75 Å². The van der Waals surface area contributed by atoms with Gasteiger partial charge in [0.2, 0.25) is 0 Å². The number of carboxylic acids is 2. The molecule has 0 bridgehead atoms. The Hall–Kier alpha value is -3.87. The van der Waals surface area contributed by atoms with Gasteiger partial charge >= 0.3 is 17.9 Å². The van der Waals surface area contributed by atoms with E-state index >= 15 is 0 Å². The monoisotopic (exact) mass is 685 g/mol. The number of piperidine rings is 1. The van der Waals surface area contributed by atoms with Gasteiger partial charge in [0.15, 0.2) is 0 Å². The minimum absolute atomic E-state index is 0.159. The molecule has 1 aliphatic heterocycles. The summed E-state index contributed by atoms with van der Waals surface area (Å²) >= 11 is 1.75. The Balaban J connectivity index is 0.000000694. The number of ether oxygens (including phenoxy) is 2. The first-order valence-corrected chi connectivity index (χ1v) is 17.6. The van der Waals surface area contributed by atoms with Crippen molar-refractivity contribution in [3.05, 3.63) is 71.5 Å². The smallest absolute Gasteiger partial charge is 0.328 e. The van der Waals surface area contributed by atoms with Crippen molar-refractivity contribution in [1.82, 2.24) is 15.2 Å². The summed E-state index contributed by atoms with van der Waals surface area (Å²) in [4.78, 5) is 38.9. The minimum atomic E-state index is -1.26. The van der Waals surface area contributed by atoms with E-state index in [1.54, 1.807) is 23.5 Å². The quantitative estimate of drug-likeness (QED) is 0.0699. The highest BCUT2D eigenvalue weighted by molar-refractivity contribution is 7.18. The molecule has 0 spiro atoms. The lowest BCUT2D eigenvalue weighted by Crippen LogP contribution is -2.46. The third-order valence-corrected chi connectivity index (χ3v) is 8.87. The molecule has 48 heavy (non-hydrogen) atoms. The third-order valence-electron chi connectivity index (χ3n) is 7.83. The number of nitrogens with zero attached hydrogens (tertiary/aromatic N) is 2. The first-order valence-electron chi connectivity index (χ1n) is 16.7. The van der Waals surface area contributed by atoms with Crippen LogP contribution in [0.15, 0.2) is 60.7 Å². The molecular weight excluding hydrogens is 637 g/mol. The fourth-order valence-electron chi connectivity index (χ4n) is 5.29. The summed E-state index contributed by atoms with van der Waals surface area (Å²) in [5.74, 6) is -2.40. The summed E-state index contributed by atoms with van der Waals surface area (Å²) in [6.45, 7) is 5.75. The molecule has 1 aromatic heterocycles. The molecule has 0 radical (unpaired) electrons. The van der Waals surface area contributed by atoms with Crippen molar-refractivity contribution in [2.45, 2.75) is 89.8 Å². The third kappa shape index (κ3) is 15.8. The van der Waals surface area contributed by atoms with Gasteiger partial charge in [-0.25, -0.2) is 19.0 Å². The molecule has 4 rings (SSSR count). The number of para-hydroxylation sites is 1. The zero-order chi connectivity index (χ0) is 34.6. The highest BCUT2D eigenvalue weighted by Crippen LogP contribution is 2.22. The summed E-state index contributed by atoms with van der Waals surface area (Å²) in [7, 11) is 0. The molecule has 1 unspecified atom stereocenters. The van der Waals surface area contributed by atoms with Gasteiger partial charge in [-0.2, -0.15) is 0 Å². The Kier molecular flexibility index (Phi) is 17.6. The molecule has 2 heterocycles. The van der Waals surface area contributed by atoms with Gasteiger partial charge in [0.1, 0.15) is 29.3 Å². The standard InChI is InChI=1S/C32H44FN3O3S.C4H4O4/c1-2-3-4-5-6-7-8-13-32(37)39-28(24-38-27-16-14-25(33)15-17-27)23-36-20-18-26(19-21-36)34-22-31-35-29-11-9-10-12-30(29)40-31;5-3(6)1-2-4(7)8/h9-12,14-17,26,28,34H,2-8,13,18-24H2,1H3;1-2H,(H,5,6)(H,7,8)/b;2-1-. The zero-order valence-corrected chi connectivity index (χ0v) is 28.5. The number of unbranched alkanes of at least 4 members (excludes halogenated alkanes) is 6. The predicted octanol–water partition coefficient (Wildman–Crippen LogP) is 6.83. The Morgan fingerprint density at radius 1 is 0.979 bits per heavy atom. The second kappa shape index (κ2) is 21.9. The number of aliphatic carboxylic acids is 2. The lowest BCUT2D eigenvalue weighted by atomic mass is 10.0. The van der Waals surface area contributed by atoms with Crippen molar-refractivity contribution in [2.24, 2.45) is 0 Å². The number of esters is 1. The number of carbonyl (C=O) groups excluding carboxylic acids is 1. The van der Waals surface area contributed by atoms with Crippen LogP contribution >= 0.6 is 11.3 Å². The molecule has 0 amide bonds. The van der Waals surface area contributed by atoms with Gasteiger partial charge in [0.25, 0.3) is 0 Å². The largest absolute Gasteiger partial charge is 0.490 e. The van der Waals surface area contributed by atoms with Crippen LogP contribution in [0.2, 0.25) is 0 Å². The Bertz CT molecular complexity index is 1380. The minimum Gasteiger partial charge on any atom is -0.490 e. The number of aromatic nitrogens is 1. The maximum absolute atomic E-state index is 13.3. The fraction of sp³-hybridized carbons (Fsp3) is 0.500. The lowest BCUT2D eigenvalue weighted by molar-refractivity contribution is -0.152. The summed E-state index contributed by atoms with van der Waals surface area (Å²) in [6.07, 6.45) is 11.4. The van der Waals surface area contributed by atoms with Crippen molar-refractivity contribution in [2.75, 3.05) is 26.2 Å². The number of halogens is 1. The SMILES string of the molecule is CCCCCCCCCC(=O)OC(COc1ccc(F)cc1)CN1CCC(NCc2nc3ccccc3s2)CC1.O=C(O)/C=C\C(=O)O. The van der Waals surface area contributed by atoms with E-state index in [0.29, 0.717) is 36.9 Å². The number of fused-ring (bicyclic) bond motifs is 1. The van der Waals surface area contributed by atoms with Crippen molar-refractivity contribution in [3.8, 4) is 5.75 Å². The number of nitrogens with one attached hydrogen (secondary N) is 1. The number of rotatable bonds is 19. The van der Waals surface area contributed by atoms with Gasteiger partial charge in [0, 0.05) is 37.7 Å². The number of hydrogen-bond donors (Lipinski definition) is 3. The molecule has 1 saturated heterocycles. The lowest BCUT2D eigenvalue weighted by Gasteiger charge is -2.34. The summed E-state index contributed by atoms with van der Waals surface area (Å²) in [6, 6.07) is 14.7. The Labute approximate surface area is 286 Å². The first-order chi connectivity index (χ1) is 23.2. The fourth-order valence-corrected chi connectivity index (χ4v) is 6.21. The molecule has 0 saturated carbocycles. The van der Waals surface area contributed by atoms with Crippen LogP contribution in [0.3, 0.4) is 0 Å². The van der Waals surface area contributed by atoms with Crippen LogP contribution < -0.4 is 10.1 Å². The Morgan fingerprint density at radius 3 is 2.27 bits per heavy atom. The summed E-state index contributed by atoms with van der Waals surface area (Å²) in [5, 5.41) is 20.4. The number of hydrogen-bond acceptors (Lipinski definition) is 9. The molecule has 10 nitrogen and oxygen atoms in total. The molecular formula is C36H48FN3O7S. The van der Waals surface area contributed by atoms with Crippen molar-refractivity contribution in [3.63, 3.8) is 0 Å². The second-order valence-electron chi connectivity index (χ2n) is 11.8. The van der Waals surface area contributed by atoms with E-state index in [4.69, 9.17) is 24.7 Å². The highest BCUT2D eigenvalue weighted by atomic mass is 32.1. The van der Waals surface area contributed by atoms with E-state index in [0.717, 1.165) is 55.8 Å². The highest BCUT2D eigenvalue weighted by Gasteiger charge is 2.24. The van der Waals surface area contributed by atoms with E-state index in [2.05, 4.69) is 35.3 Å². The molecule has 0 aliphatic carbocycles. The molecule has 12 heteroatoms. The molecule has 1 atom stereocenters. The first kappa shape index (κ1) is 38.6. The van der Waals surface area contributed by atoms with E-state index in [9.17, 15) is 18.8 Å². The molecule has 3 N–H and O–H groups in total. The van der Waals surface area contributed by atoms with Crippen molar-refractivity contribution >= 4 is 39.5 Å². The van der Waals surface area contributed by atoms with Crippen LogP contribution in [-0.4, -0.2) is 76.4 Å². The predicted molar refractivity (Wildman–Crippen MR) is 185 cm³/mol. The van der Waals surface area contributed by atoms with Gasteiger partial charge in [-0.15, -0.1) is 11.3 Å². The van der Waals surface area contributed by atoms with Crippen LogP contribution in [0.4, 0.5) is 4.39 Å². The van der Waals surface area contributed by atoms with Crippen LogP contribution in [0.1, 0.15) is 76.1 Å². The van der Waals surface area contributed by atoms with E-state index in [1.807, 2.05) is 6.07 Å². The summed E-state index contributed by atoms with van der Waals surface area (Å²) in [5.41, 5.74) is 1.06. The molecule has 1 fully saturated rings. The van der Waals surface area contributed by atoms with E-state index in [1.165, 1.54) is 48.9 Å². The van der Waals surface area contributed by atoms with Gasteiger partial charge in [0.05, 0.1) is 10.2 Å². The number of carboxylic acid groups (broad SMARTS) is 2. The van der Waals surface area contributed by atoms with Crippen LogP contribution in [0.25, 0.3) is 10.2 Å². The average Bonchev–Trinajstić information content (AvgIpc) is 3.50. The molecule has 1 aliphatic rings. The molecule has 3 aromatic rings. The van der Waals surface area contributed by atoms with Crippen LogP contribution in [0, 0.1) is 5.82 Å². The number of likely N-dealkylation sites (tertiary alicyclic amines) is 1. The number of carbonyl (C=O) groups is 3. The average molecular weight is 686 g/mol. The molecule has 262 valence electrons. The van der Waals surface area contributed by atoms with Gasteiger partial charge in [-0.05, 0) is 68.8 Å². The second-order valence-corrected chi connectivity index (χ2v) is 12.9. The number of benzene rings is 2. The zero-order valence-electron chi connectivity index (χ0n) is 27.7. The summed E-state index contributed by atoms with van der Waals surface area (Å²) < 4.78 is 26.3. The van der Waals surface area contributed by atoms with E-state index in [-0.39, 0.29) is 24.5 Å². The van der Waals surface area contributed by atoms with Gasteiger partial charge in [-0.3, -0.25) is 9.69 Å². The van der Waals surface area contributed by atoms with Crippen LogP contribution in [-0.2, 0) is 25.7 Å². The van der Waals surface area contributed by atoms with Crippen molar-refractivity contribution < 1.29 is 38.5 Å². The van der Waals surface area contributed by atoms with Gasteiger partial charge in [-0.1, -0.05) is 57.6 Å². The maximum atomic E-state index is 13.3. The Morgan fingerprint density at radius 2 is 1.62 bits per heavy atom. The normalized spacial score (nSPS) is 14.4. The number of thiazole rings is 1. The molecule has 2 aromatic carbocycles. The topological polar surface area (TPSA) is 138 Å². The maximum Gasteiger partial charge on any atom is 0.328 e. The van der Waals surface area contributed by atoms with Crippen molar-refractivity contribution in [1.29, 1.82) is 0 Å². The van der Waals surface area contributed by atoms with E-state index < -0.39 is 11.9 Å².